The Bertz CT molecular complexity index is 498. The number of halogens is 1. The maximum atomic E-state index is 5.87. The highest BCUT2D eigenvalue weighted by atomic mass is 35.5. The summed E-state index contributed by atoms with van der Waals surface area (Å²) in [4.78, 5) is 0. The monoisotopic (exact) mass is 289 g/mol. The first-order valence-electron chi connectivity index (χ1n) is 6.94. The van der Waals surface area contributed by atoms with E-state index in [1.165, 1.54) is 5.56 Å². The summed E-state index contributed by atoms with van der Waals surface area (Å²) in [6.07, 6.45) is 3.13. The largest absolute Gasteiger partial charge is 0.489 e. The molecule has 0 aliphatic carbocycles. The molecule has 2 rings (SSSR count). The van der Waals surface area contributed by atoms with Gasteiger partial charge in [0.2, 0.25) is 0 Å². The lowest BCUT2D eigenvalue weighted by Gasteiger charge is -2.17. The summed E-state index contributed by atoms with van der Waals surface area (Å²) < 4.78 is 5.87. The first-order valence-corrected chi connectivity index (χ1v) is 7.32. The van der Waals surface area contributed by atoms with E-state index in [1.54, 1.807) is 0 Å². The normalized spacial score (nSPS) is 12.1. The molecule has 0 spiro atoms. The molecule has 2 aromatic rings. The molecule has 0 radical (unpaired) electrons. The molecule has 0 saturated carbocycles. The van der Waals surface area contributed by atoms with Crippen LogP contribution < -0.4 is 10.5 Å². The summed E-state index contributed by atoms with van der Waals surface area (Å²) >= 11 is 5.85. The lowest BCUT2D eigenvalue weighted by atomic mass is 10.1. The summed E-state index contributed by atoms with van der Waals surface area (Å²) in [6, 6.07) is 17.9. The fraction of sp³-hybridized carbons (Fsp3) is 0.294. The van der Waals surface area contributed by atoms with Crippen molar-refractivity contribution in [1.82, 2.24) is 0 Å². The van der Waals surface area contributed by atoms with Crippen molar-refractivity contribution in [3.05, 3.63) is 65.2 Å². The topological polar surface area (TPSA) is 35.2 Å². The standard InChI is InChI=1S/C17H20ClNO/c18-15-9-11-16(12-10-15)20-17(13-19)8-4-7-14-5-2-1-3-6-14/h1-3,5-6,9-12,17H,4,7-8,13,19H2/t17-/m1/s1. The average Bonchev–Trinajstić information content (AvgIpc) is 2.49. The van der Waals surface area contributed by atoms with Crippen LogP contribution in [-0.4, -0.2) is 12.6 Å². The molecule has 0 aliphatic heterocycles. The molecule has 2 nitrogen and oxygen atoms in total. The summed E-state index contributed by atoms with van der Waals surface area (Å²) in [5, 5.41) is 0.714. The third-order valence-electron chi connectivity index (χ3n) is 3.21. The second-order valence-corrected chi connectivity index (χ2v) is 5.24. The van der Waals surface area contributed by atoms with E-state index < -0.39 is 0 Å². The van der Waals surface area contributed by atoms with Gasteiger partial charge < -0.3 is 10.5 Å². The van der Waals surface area contributed by atoms with Crippen molar-refractivity contribution in [2.75, 3.05) is 6.54 Å². The first kappa shape index (κ1) is 14.9. The Morgan fingerprint density at radius 1 is 1.00 bits per heavy atom. The highest BCUT2D eigenvalue weighted by Crippen LogP contribution is 2.18. The number of hydrogen-bond donors (Lipinski definition) is 1. The zero-order valence-electron chi connectivity index (χ0n) is 11.5. The summed E-state index contributed by atoms with van der Waals surface area (Å²) in [5.41, 5.74) is 7.14. The van der Waals surface area contributed by atoms with Gasteiger partial charge in [-0.3, -0.25) is 0 Å². The van der Waals surface area contributed by atoms with Crippen LogP contribution in [0.3, 0.4) is 0 Å². The molecule has 3 heteroatoms. The number of benzene rings is 2. The molecule has 0 bridgehead atoms. The zero-order chi connectivity index (χ0) is 14.2. The van der Waals surface area contributed by atoms with Crippen molar-refractivity contribution in [3.63, 3.8) is 0 Å². The lowest BCUT2D eigenvalue weighted by Crippen LogP contribution is -2.26. The smallest absolute Gasteiger partial charge is 0.119 e. The van der Waals surface area contributed by atoms with Gasteiger partial charge in [0.25, 0.3) is 0 Å². The predicted octanol–water partition coefficient (Wildman–Crippen LogP) is 4.07. The van der Waals surface area contributed by atoms with Crippen LogP contribution in [0.5, 0.6) is 5.75 Å². The molecule has 0 aliphatic rings. The molecule has 0 amide bonds. The molecule has 0 aromatic heterocycles. The molecule has 0 heterocycles. The molecule has 2 aromatic carbocycles. The zero-order valence-corrected chi connectivity index (χ0v) is 12.2. The minimum atomic E-state index is 0.0555. The Morgan fingerprint density at radius 2 is 1.70 bits per heavy atom. The number of hydrogen-bond acceptors (Lipinski definition) is 2. The van der Waals surface area contributed by atoms with Crippen LogP contribution in [0, 0.1) is 0 Å². The molecular weight excluding hydrogens is 270 g/mol. The van der Waals surface area contributed by atoms with Gasteiger partial charge in [-0.2, -0.15) is 0 Å². The second-order valence-electron chi connectivity index (χ2n) is 4.81. The van der Waals surface area contributed by atoms with Gasteiger partial charge in [0, 0.05) is 11.6 Å². The summed E-state index contributed by atoms with van der Waals surface area (Å²) in [7, 11) is 0. The van der Waals surface area contributed by atoms with Crippen LogP contribution in [0.1, 0.15) is 18.4 Å². The Morgan fingerprint density at radius 3 is 2.35 bits per heavy atom. The Hall–Kier alpha value is -1.51. The van der Waals surface area contributed by atoms with Crippen LogP contribution in [0.15, 0.2) is 54.6 Å². The van der Waals surface area contributed by atoms with Crippen molar-refractivity contribution < 1.29 is 4.74 Å². The molecule has 0 saturated heterocycles. The van der Waals surface area contributed by atoms with Crippen LogP contribution in [-0.2, 0) is 6.42 Å². The van der Waals surface area contributed by atoms with Gasteiger partial charge in [-0.25, -0.2) is 0 Å². The van der Waals surface area contributed by atoms with E-state index in [4.69, 9.17) is 22.1 Å². The van der Waals surface area contributed by atoms with Crippen LogP contribution in [0.25, 0.3) is 0 Å². The van der Waals surface area contributed by atoms with Crippen molar-refractivity contribution in [2.24, 2.45) is 5.73 Å². The fourth-order valence-corrected chi connectivity index (χ4v) is 2.24. The molecule has 0 unspecified atom stereocenters. The fourth-order valence-electron chi connectivity index (χ4n) is 2.11. The van der Waals surface area contributed by atoms with Crippen LogP contribution in [0.2, 0.25) is 5.02 Å². The van der Waals surface area contributed by atoms with Crippen LogP contribution >= 0.6 is 11.6 Å². The minimum absolute atomic E-state index is 0.0555. The Kier molecular flexibility index (Phi) is 5.90. The SMILES string of the molecule is NC[C@@H](CCCc1ccccc1)Oc1ccc(Cl)cc1. The van der Waals surface area contributed by atoms with Gasteiger partial charge in [-0.05, 0) is 49.1 Å². The van der Waals surface area contributed by atoms with Gasteiger partial charge in [0.05, 0.1) is 0 Å². The number of aryl methyl sites for hydroxylation is 1. The Balaban J connectivity index is 1.79. The van der Waals surface area contributed by atoms with E-state index in [9.17, 15) is 0 Å². The second kappa shape index (κ2) is 7.93. The van der Waals surface area contributed by atoms with Crippen LogP contribution in [0.4, 0.5) is 0 Å². The van der Waals surface area contributed by atoms with Gasteiger partial charge in [-0.1, -0.05) is 41.9 Å². The minimum Gasteiger partial charge on any atom is -0.489 e. The van der Waals surface area contributed by atoms with Crippen molar-refractivity contribution in [1.29, 1.82) is 0 Å². The van der Waals surface area contributed by atoms with E-state index in [1.807, 2.05) is 30.3 Å². The van der Waals surface area contributed by atoms with E-state index in [-0.39, 0.29) is 6.10 Å². The highest BCUT2D eigenvalue weighted by Gasteiger charge is 2.08. The van der Waals surface area contributed by atoms with E-state index in [0.717, 1.165) is 25.0 Å². The number of rotatable bonds is 7. The van der Waals surface area contributed by atoms with E-state index in [2.05, 4.69) is 24.3 Å². The van der Waals surface area contributed by atoms with Gasteiger partial charge in [0.15, 0.2) is 0 Å². The molecule has 2 N–H and O–H groups in total. The third-order valence-corrected chi connectivity index (χ3v) is 3.47. The summed E-state index contributed by atoms with van der Waals surface area (Å²) in [5.74, 6) is 0.824. The van der Waals surface area contributed by atoms with Gasteiger partial charge in [-0.15, -0.1) is 0 Å². The van der Waals surface area contributed by atoms with Crippen molar-refractivity contribution >= 4 is 11.6 Å². The number of nitrogens with two attached hydrogens (primary N) is 1. The van der Waals surface area contributed by atoms with E-state index >= 15 is 0 Å². The van der Waals surface area contributed by atoms with Gasteiger partial charge >= 0.3 is 0 Å². The molecule has 1 atom stereocenters. The highest BCUT2D eigenvalue weighted by molar-refractivity contribution is 6.30. The maximum Gasteiger partial charge on any atom is 0.119 e. The number of ether oxygens (including phenoxy) is 1. The lowest BCUT2D eigenvalue weighted by molar-refractivity contribution is 0.196. The van der Waals surface area contributed by atoms with E-state index in [0.29, 0.717) is 11.6 Å². The van der Waals surface area contributed by atoms with Crippen molar-refractivity contribution in [3.8, 4) is 5.75 Å². The molecular formula is C17H20ClNO. The average molecular weight is 290 g/mol. The van der Waals surface area contributed by atoms with Gasteiger partial charge in [0.1, 0.15) is 11.9 Å². The predicted molar refractivity (Wildman–Crippen MR) is 84.3 cm³/mol. The molecule has 106 valence electrons. The first-order chi connectivity index (χ1) is 9.78. The maximum absolute atomic E-state index is 5.87. The molecule has 20 heavy (non-hydrogen) atoms. The summed E-state index contributed by atoms with van der Waals surface area (Å²) in [6.45, 7) is 0.525. The quantitative estimate of drug-likeness (QED) is 0.834. The Labute approximate surface area is 125 Å². The molecule has 0 fully saturated rings. The third kappa shape index (κ3) is 4.87. The van der Waals surface area contributed by atoms with Crippen molar-refractivity contribution in [2.45, 2.75) is 25.4 Å².